The molecule has 0 amide bonds. The summed E-state index contributed by atoms with van der Waals surface area (Å²) in [5.41, 5.74) is 1.61. The van der Waals surface area contributed by atoms with E-state index in [9.17, 15) is 9.59 Å². The number of hydrogen-bond donors (Lipinski definition) is 1. The summed E-state index contributed by atoms with van der Waals surface area (Å²) in [6.45, 7) is 1.89. The van der Waals surface area contributed by atoms with Gasteiger partial charge in [-0.25, -0.2) is 0 Å². The van der Waals surface area contributed by atoms with E-state index in [4.69, 9.17) is 4.74 Å². The summed E-state index contributed by atoms with van der Waals surface area (Å²) in [6.07, 6.45) is 10.5. The minimum absolute atomic E-state index is 0.0104. The number of hydrogen-bond acceptors (Lipinski definition) is 4. The zero-order valence-corrected chi connectivity index (χ0v) is 13.1. The number of benzene rings is 1. The number of nitrogens with one attached hydrogen (secondary N) is 1. The summed E-state index contributed by atoms with van der Waals surface area (Å²) in [5.74, 6) is -1.06. The van der Waals surface area contributed by atoms with Crippen molar-refractivity contribution in [1.29, 1.82) is 0 Å². The standard InChI is InChI=1S/C19H20NO3/c1-2-18(21)16(17-11-7-4-8-12-20-17)13-19(22)23-14-15-9-5-3-6-10-15/h2-12,16,20H,13-14H2,1H3. The Hall–Kier alpha value is -2.62. The lowest BCUT2D eigenvalue weighted by atomic mass is 9.94. The quantitative estimate of drug-likeness (QED) is 0.786. The average Bonchev–Trinajstić information content (AvgIpc) is 2.87. The van der Waals surface area contributed by atoms with E-state index in [-0.39, 0.29) is 18.8 Å². The van der Waals surface area contributed by atoms with E-state index in [2.05, 4.69) is 5.32 Å². The van der Waals surface area contributed by atoms with Crippen LogP contribution in [0.25, 0.3) is 0 Å². The van der Waals surface area contributed by atoms with E-state index in [0.717, 1.165) is 5.56 Å². The van der Waals surface area contributed by atoms with E-state index in [1.165, 1.54) is 6.42 Å². The maximum atomic E-state index is 12.1. The van der Waals surface area contributed by atoms with Crippen LogP contribution in [0, 0.1) is 12.3 Å². The molecule has 0 aromatic heterocycles. The van der Waals surface area contributed by atoms with Crippen molar-refractivity contribution in [3.8, 4) is 0 Å². The summed E-state index contributed by atoms with van der Waals surface area (Å²) < 4.78 is 5.28. The molecule has 4 nitrogen and oxygen atoms in total. The van der Waals surface area contributed by atoms with Gasteiger partial charge in [0.15, 0.2) is 0 Å². The van der Waals surface area contributed by atoms with Gasteiger partial charge in [0.1, 0.15) is 12.4 Å². The lowest BCUT2D eigenvalue weighted by Crippen LogP contribution is -2.26. The first-order chi connectivity index (χ1) is 11.2. The van der Waals surface area contributed by atoms with Crippen molar-refractivity contribution in [2.24, 2.45) is 5.92 Å². The van der Waals surface area contributed by atoms with Crippen LogP contribution in [-0.2, 0) is 20.9 Å². The zero-order valence-electron chi connectivity index (χ0n) is 13.1. The maximum absolute atomic E-state index is 12.1. The highest BCUT2D eigenvalue weighted by atomic mass is 16.5. The normalized spacial score (nSPS) is 14.4. The van der Waals surface area contributed by atoms with Gasteiger partial charge in [-0.3, -0.25) is 9.59 Å². The highest BCUT2D eigenvalue weighted by molar-refractivity contribution is 5.93. The fourth-order valence-electron chi connectivity index (χ4n) is 2.22. The number of allylic oxidation sites excluding steroid dienone is 5. The van der Waals surface area contributed by atoms with Gasteiger partial charge in [-0.2, -0.15) is 0 Å². The summed E-state index contributed by atoms with van der Waals surface area (Å²) >= 11 is 0. The Morgan fingerprint density at radius 3 is 2.70 bits per heavy atom. The Morgan fingerprint density at radius 2 is 1.96 bits per heavy atom. The Morgan fingerprint density at radius 1 is 1.17 bits per heavy atom. The minimum Gasteiger partial charge on any atom is -0.461 e. The number of carbonyl (C=O) groups excluding carboxylic acids is 2. The average molecular weight is 310 g/mol. The summed E-state index contributed by atoms with van der Waals surface area (Å²) in [6, 6.07) is 9.46. The van der Waals surface area contributed by atoms with Gasteiger partial charge in [-0.15, -0.1) is 0 Å². The third-order valence-corrected chi connectivity index (χ3v) is 3.46. The van der Waals surface area contributed by atoms with Crippen LogP contribution in [0.5, 0.6) is 0 Å². The third-order valence-electron chi connectivity index (χ3n) is 3.46. The number of Topliss-reactive ketones (excluding diaryl/α,β-unsaturated/α-hetero) is 1. The van der Waals surface area contributed by atoms with Crippen molar-refractivity contribution in [3.63, 3.8) is 0 Å². The van der Waals surface area contributed by atoms with Gasteiger partial charge in [0.05, 0.1) is 12.3 Å². The first-order valence-electron chi connectivity index (χ1n) is 7.53. The highest BCUT2D eigenvalue weighted by Crippen LogP contribution is 2.18. The molecule has 1 radical (unpaired) electrons. The molecular weight excluding hydrogens is 290 g/mol. The molecule has 23 heavy (non-hydrogen) atoms. The second-order valence-electron chi connectivity index (χ2n) is 5.10. The molecule has 2 rings (SSSR count). The summed E-state index contributed by atoms with van der Waals surface area (Å²) in [4.78, 5) is 24.2. The first-order valence-corrected chi connectivity index (χ1v) is 7.53. The summed E-state index contributed by atoms with van der Waals surface area (Å²) in [5, 5.41) is 3.05. The Balaban J connectivity index is 1.98. The van der Waals surface area contributed by atoms with Crippen LogP contribution in [0.4, 0.5) is 0 Å². The van der Waals surface area contributed by atoms with Crippen LogP contribution >= 0.6 is 0 Å². The van der Waals surface area contributed by atoms with Crippen molar-refractivity contribution in [1.82, 2.24) is 5.32 Å². The first kappa shape index (κ1) is 16.7. The number of rotatable bonds is 7. The molecule has 1 aliphatic heterocycles. The van der Waals surface area contributed by atoms with Crippen molar-refractivity contribution < 1.29 is 14.3 Å². The number of ketones is 1. The Labute approximate surface area is 136 Å². The van der Waals surface area contributed by atoms with Crippen molar-refractivity contribution in [3.05, 3.63) is 78.5 Å². The highest BCUT2D eigenvalue weighted by Gasteiger charge is 2.25. The lowest BCUT2D eigenvalue weighted by Gasteiger charge is -2.18. The smallest absolute Gasteiger partial charge is 0.307 e. The van der Waals surface area contributed by atoms with Gasteiger partial charge >= 0.3 is 5.97 Å². The van der Waals surface area contributed by atoms with Crippen LogP contribution in [-0.4, -0.2) is 11.8 Å². The predicted octanol–water partition coefficient (Wildman–Crippen LogP) is 3.09. The third kappa shape index (κ3) is 5.25. The Bertz CT molecular complexity index is 629. The van der Waals surface area contributed by atoms with Crippen LogP contribution in [0.15, 0.2) is 66.5 Å². The van der Waals surface area contributed by atoms with E-state index >= 15 is 0 Å². The molecule has 1 N–H and O–H groups in total. The molecule has 1 heterocycles. The molecule has 0 aliphatic carbocycles. The molecule has 0 fully saturated rings. The fourth-order valence-corrected chi connectivity index (χ4v) is 2.22. The maximum Gasteiger partial charge on any atom is 0.307 e. The molecule has 119 valence electrons. The minimum atomic E-state index is -0.560. The molecule has 1 aliphatic rings. The van der Waals surface area contributed by atoms with Crippen molar-refractivity contribution >= 4 is 11.8 Å². The predicted molar refractivity (Wildman–Crippen MR) is 88.8 cm³/mol. The molecule has 1 atom stereocenters. The second-order valence-corrected chi connectivity index (χ2v) is 5.10. The molecule has 4 heteroatoms. The van der Waals surface area contributed by atoms with Gasteiger partial charge in [0.25, 0.3) is 0 Å². The van der Waals surface area contributed by atoms with Gasteiger partial charge in [-0.1, -0.05) is 49.4 Å². The van der Waals surface area contributed by atoms with Gasteiger partial charge < -0.3 is 10.1 Å². The van der Waals surface area contributed by atoms with E-state index < -0.39 is 11.9 Å². The SMILES string of the molecule is C[CH]C(=O)C(CC(=O)OCc1ccccc1)C1=CC=CC=CN1. The Kier molecular flexibility index (Phi) is 6.36. The van der Waals surface area contributed by atoms with E-state index in [1.54, 1.807) is 19.2 Å². The van der Waals surface area contributed by atoms with E-state index in [0.29, 0.717) is 5.70 Å². The molecule has 0 saturated heterocycles. The largest absolute Gasteiger partial charge is 0.461 e. The topological polar surface area (TPSA) is 55.4 Å². The number of esters is 1. The van der Waals surface area contributed by atoms with Crippen LogP contribution in [0.1, 0.15) is 18.9 Å². The molecule has 0 spiro atoms. The molecule has 0 saturated carbocycles. The van der Waals surface area contributed by atoms with Crippen molar-refractivity contribution in [2.75, 3.05) is 0 Å². The molecule has 0 bridgehead atoms. The van der Waals surface area contributed by atoms with E-state index in [1.807, 2.05) is 48.6 Å². The second kappa shape index (κ2) is 8.73. The lowest BCUT2D eigenvalue weighted by molar-refractivity contribution is -0.147. The van der Waals surface area contributed by atoms with Crippen LogP contribution < -0.4 is 5.32 Å². The van der Waals surface area contributed by atoms with Crippen LogP contribution in [0.3, 0.4) is 0 Å². The van der Waals surface area contributed by atoms with Gasteiger partial charge in [0.2, 0.25) is 0 Å². The molecular formula is C19H20NO3. The number of ether oxygens (including phenoxy) is 1. The fraction of sp³-hybridized carbons (Fsp3) is 0.211. The molecule has 1 aromatic carbocycles. The zero-order chi connectivity index (χ0) is 16.5. The molecule has 1 unspecified atom stereocenters. The summed E-state index contributed by atoms with van der Waals surface area (Å²) in [7, 11) is 0. The molecule has 1 aromatic rings. The monoisotopic (exact) mass is 310 g/mol. The van der Waals surface area contributed by atoms with Crippen LogP contribution in [0.2, 0.25) is 0 Å². The van der Waals surface area contributed by atoms with Gasteiger partial charge in [0, 0.05) is 18.3 Å². The number of carbonyl (C=O) groups is 2. The van der Waals surface area contributed by atoms with Crippen molar-refractivity contribution in [2.45, 2.75) is 20.0 Å². The van der Waals surface area contributed by atoms with Gasteiger partial charge in [-0.05, 0) is 17.7 Å².